The fourth-order valence-corrected chi connectivity index (χ4v) is 4.09. The van der Waals surface area contributed by atoms with Crippen molar-refractivity contribution in [3.8, 4) is 0 Å². The summed E-state index contributed by atoms with van der Waals surface area (Å²) in [5.41, 5.74) is 3.62. The molecule has 0 bridgehead atoms. The number of fused-ring (bicyclic) bond motifs is 1. The monoisotopic (exact) mass is 423 g/mol. The first-order valence-corrected chi connectivity index (χ1v) is 10.4. The van der Waals surface area contributed by atoms with E-state index in [-0.39, 0.29) is 10.7 Å². The number of carbonyl (C=O) groups is 2. The molecule has 0 aromatic heterocycles. The summed E-state index contributed by atoms with van der Waals surface area (Å²) in [5.74, 6) is -1.48. The number of unbranched alkanes of at least 4 members (excludes halogenated alkanes) is 1. The molecule has 5 nitrogen and oxygen atoms in total. The molecule has 0 atom stereocenters. The molecule has 2 aromatic carbocycles. The SMILES string of the molecule is CCCCN1CCc2cc(/C=C3\C(=O)NC(=S)N(c4ccc(F)cc4)C3=O)ccc21. The van der Waals surface area contributed by atoms with Crippen LogP contribution in [-0.4, -0.2) is 30.0 Å². The largest absolute Gasteiger partial charge is 0.371 e. The van der Waals surface area contributed by atoms with E-state index in [4.69, 9.17) is 12.2 Å². The average molecular weight is 424 g/mol. The number of hydrogen-bond acceptors (Lipinski definition) is 4. The molecule has 1 fully saturated rings. The Balaban J connectivity index is 1.62. The average Bonchev–Trinajstić information content (AvgIpc) is 3.13. The van der Waals surface area contributed by atoms with Crippen molar-refractivity contribution in [2.24, 2.45) is 0 Å². The zero-order chi connectivity index (χ0) is 21.3. The van der Waals surface area contributed by atoms with Gasteiger partial charge in [-0.3, -0.25) is 19.8 Å². The molecule has 0 unspecified atom stereocenters. The van der Waals surface area contributed by atoms with Gasteiger partial charge in [-0.2, -0.15) is 0 Å². The van der Waals surface area contributed by atoms with Crippen molar-refractivity contribution in [3.05, 3.63) is 65.0 Å². The maximum Gasteiger partial charge on any atom is 0.270 e. The molecular weight excluding hydrogens is 401 g/mol. The first-order valence-electron chi connectivity index (χ1n) is 10.0. The molecule has 2 aliphatic rings. The third-order valence-electron chi connectivity index (χ3n) is 5.37. The lowest BCUT2D eigenvalue weighted by Gasteiger charge is -2.28. The van der Waals surface area contributed by atoms with E-state index in [1.807, 2.05) is 12.1 Å². The first-order chi connectivity index (χ1) is 14.5. The van der Waals surface area contributed by atoms with E-state index in [2.05, 4.69) is 23.2 Å². The van der Waals surface area contributed by atoms with Crippen molar-refractivity contribution in [1.29, 1.82) is 0 Å². The van der Waals surface area contributed by atoms with E-state index in [1.54, 1.807) is 6.08 Å². The molecule has 2 amide bonds. The third-order valence-corrected chi connectivity index (χ3v) is 5.66. The van der Waals surface area contributed by atoms with Crippen LogP contribution in [0.1, 0.15) is 30.9 Å². The van der Waals surface area contributed by atoms with Crippen LogP contribution in [0.3, 0.4) is 0 Å². The lowest BCUT2D eigenvalue weighted by Crippen LogP contribution is -2.54. The molecule has 30 heavy (non-hydrogen) atoms. The number of rotatable bonds is 5. The summed E-state index contributed by atoms with van der Waals surface area (Å²) in [6.07, 6.45) is 4.84. The molecule has 4 rings (SSSR count). The zero-order valence-corrected chi connectivity index (χ0v) is 17.5. The second-order valence-corrected chi connectivity index (χ2v) is 7.80. The van der Waals surface area contributed by atoms with Crippen LogP contribution in [0.5, 0.6) is 0 Å². The predicted octanol–water partition coefficient (Wildman–Crippen LogP) is 3.82. The minimum atomic E-state index is -0.534. The van der Waals surface area contributed by atoms with E-state index in [9.17, 15) is 14.0 Å². The Hall–Kier alpha value is -3.06. The second kappa shape index (κ2) is 8.36. The first kappa shape index (κ1) is 20.2. The number of thiocarbonyl (C=S) groups is 1. The molecule has 154 valence electrons. The number of benzene rings is 2. The molecule has 0 radical (unpaired) electrons. The van der Waals surface area contributed by atoms with Gasteiger partial charge in [0.1, 0.15) is 11.4 Å². The predicted molar refractivity (Wildman–Crippen MR) is 120 cm³/mol. The van der Waals surface area contributed by atoms with Crippen molar-refractivity contribution >= 4 is 46.6 Å². The van der Waals surface area contributed by atoms with Crippen molar-refractivity contribution in [1.82, 2.24) is 5.32 Å². The lowest BCUT2D eigenvalue weighted by atomic mass is 10.0. The van der Waals surface area contributed by atoms with Crippen molar-refractivity contribution in [2.45, 2.75) is 26.2 Å². The number of nitrogens with one attached hydrogen (secondary N) is 1. The highest BCUT2D eigenvalue weighted by Gasteiger charge is 2.34. The summed E-state index contributed by atoms with van der Waals surface area (Å²) in [4.78, 5) is 29.1. The molecule has 2 heterocycles. The van der Waals surface area contributed by atoms with Crippen LogP contribution in [0, 0.1) is 5.82 Å². The number of hydrogen-bond donors (Lipinski definition) is 1. The number of carbonyl (C=O) groups excluding carboxylic acids is 2. The molecule has 7 heteroatoms. The van der Waals surface area contributed by atoms with Gasteiger partial charge in [-0.05, 0) is 78.7 Å². The van der Waals surface area contributed by atoms with Gasteiger partial charge in [0.15, 0.2) is 5.11 Å². The van der Waals surface area contributed by atoms with Crippen molar-refractivity contribution in [2.75, 3.05) is 22.9 Å². The fraction of sp³-hybridized carbons (Fsp3) is 0.261. The van der Waals surface area contributed by atoms with E-state index in [0.717, 1.165) is 37.9 Å². The maximum absolute atomic E-state index is 13.3. The smallest absolute Gasteiger partial charge is 0.270 e. The Morgan fingerprint density at radius 1 is 1.17 bits per heavy atom. The van der Waals surface area contributed by atoms with Crippen LogP contribution in [0.2, 0.25) is 0 Å². The van der Waals surface area contributed by atoms with Crippen LogP contribution < -0.4 is 15.1 Å². The second-order valence-electron chi connectivity index (χ2n) is 7.41. The molecule has 0 aliphatic carbocycles. The van der Waals surface area contributed by atoms with Crippen LogP contribution in [0.4, 0.5) is 15.8 Å². The summed E-state index contributed by atoms with van der Waals surface area (Å²) in [5, 5.41) is 2.53. The number of nitrogens with zero attached hydrogens (tertiary/aromatic N) is 2. The van der Waals surface area contributed by atoms with Crippen LogP contribution in [-0.2, 0) is 16.0 Å². The van der Waals surface area contributed by atoms with E-state index < -0.39 is 17.6 Å². The van der Waals surface area contributed by atoms with Crippen LogP contribution >= 0.6 is 12.2 Å². The molecule has 0 spiro atoms. The normalized spacial score (nSPS) is 17.5. The van der Waals surface area contributed by atoms with Gasteiger partial charge >= 0.3 is 0 Å². The Morgan fingerprint density at radius 3 is 2.67 bits per heavy atom. The molecule has 2 aromatic rings. The number of halogens is 1. The van der Waals surface area contributed by atoms with Gasteiger partial charge in [0.2, 0.25) is 0 Å². The number of amides is 2. The molecular formula is C23H22FN3O2S. The highest BCUT2D eigenvalue weighted by Crippen LogP contribution is 2.30. The van der Waals surface area contributed by atoms with Gasteiger partial charge in [-0.1, -0.05) is 19.4 Å². The zero-order valence-electron chi connectivity index (χ0n) is 16.7. The van der Waals surface area contributed by atoms with Gasteiger partial charge in [-0.25, -0.2) is 4.39 Å². The summed E-state index contributed by atoms with van der Waals surface area (Å²) >= 11 is 5.17. The van der Waals surface area contributed by atoms with E-state index >= 15 is 0 Å². The van der Waals surface area contributed by atoms with Gasteiger partial charge < -0.3 is 4.90 Å². The maximum atomic E-state index is 13.3. The fourth-order valence-electron chi connectivity index (χ4n) is 3.81. The summed E-state index contributed by atoms with van der Waals surface area (Å²) in [6.45, 7) is 4.20. The van der Waals surface area contributed by atoms with Gasteiger partial charge in [-0.15, -0.1) is 0 Å². The summed E-state index contributed by atoms with van der Waals surface area (Å²) in [7, 11) is 0. The van der Waals surface area contributed by atoms with Gasteiger partial charge in [0.25, 0.3) is 11.8 Å². The standard InChI is InChI=1S/C23H22FN3O2S/c1-2-3-11-26-12-10-16-13-15(4-9-20(16)26)14-19-21(28)25-23(30)27(22(19)29)18-7-5-17(24)6-8-18/h4-9,13-14H,2-3,10-12H2,1H3,(H,25,28,30)/b19-14+. The minimum absolute atomic E-state index is 0.00582. The molecule has 1 N–H and O–H groups in total. The van der Waals surface area contributed by atoms with Crippen LogP contribution in [0.15, 0.2) is 48.0 Å². The highest BCUT2D eigenvalue weighted by molar-refractivity contribution is 7.80. The lowest BCUT2D eigenvalue weighted by molar-refractivity contribution is -0.122. The molecule has 0 saturated carbocycles. The third kappa shape index (κ3) is 3.85. The van der Waals surface area contributed by atoms with Gasteiger partial charge in [0.05, 0.1) is 5.69 Å². The van der Waals surface area contributed by atoms with Gasteiger partial charge in [0, 0.05) is 18.8 Å². The highest BCUT2D eigenvalue weighted by atomic mass is 32.1. The summed E-state index contributed by atoms with van der Waals surface area (Å²) in [6, 6.07) is 11.4. The Kier molecular flexibility index (Phi) is 5.63. The Bertz CT molecular complexity index is 1050. The number of anilines is 2. The van der Waals surface area contributed by atoms with Crippen molar-refractivity contribution < 1.29 is 14.0 Å². The van der Waals surface area contributed by atoms with E-state index in [0.29, 0.717) is 5.69 Å². The quantitative estimate of drug-likeness (QED) is 0.451. The Morgan fingerprint density at radius 2 is 1.93 bits per heavy atom. The molecule has 2 aliphatic heterocycles. The topological polar surface area (TPSA) is 52.7 Å². The van der Waals surface area contributed by atoms with Crippen LogP contribution in [0.25, 0.3) is 6.08 Å². The summed E-state index contributed by atoms with van der Waals surface area (Å²) < 4.78 is 13.3. The molecule has 1 saturated heterocycles. The van der Waals surface area contributed by atoms with Crippen molar-refractivity contribution in [3.63, 3.8) is 0 Å². The van der Waals surface area contributed by atoms with E-state index in [1.165, 1.54) is 40.4 Å². The Labute approximate surface area is 180 Å². The minimum Gasteiger partial charge on any atom is -0.371 e.